The lowest BCUT2D eigenvalue weighted by Crippen LogP contribution is -2.24. The molecule has 0 amide bonds. The summed E-state index contributed by atoms with van der Waals surface area (Å²) in [5, 5.41) is 18.0. The van der Waals surface area contributed by atoms with E-state index in [1.54, 1.807) is 0 Å². The summed E-state index contributed by atoms with van der Waals surface area (Å²) in [7, 11) is 1.18. The number of nitrogens with one attached hydrogen (secondary N) is 1. The fraction of sp³-hybridized carbons (Fsp3) is 0.0714. The summed E-state index contributed by atoms with van der Waals surface area (Å²) in [6.45, 7) is 0. The maximum atomic E-state index is 13.8. The van der Waals surface area contributed by atoms with Gasteiger partial charge in [-0.05, 0) is 12.1 Å². The van der Waals surface area contributed by atoms with Crippen molar-refractivity contribution in [1.29, 1.82) is 0 Å². The number of ether oxygens (including phenoxy) is 1. The third-order valence-corrected chi connectivity index (χ3v) is 3.57. The van der Waals surface area contributed by atoms with Crippen LogP contribution in [0.2, 0.25) is 5.02 Å². The Kier molecular flexibility index (Phi) is 4.47. The number of nitrogens with two attached hydrogens (primary N) is 1. The number of carbonyl (C=O) groups is 2. The van der Waals surface area contributed by atoms with Gasteiger partial charge in [-0.1, -0.05) is 11.6 Å². The van der Waals surface area contributed by atoms with E-state index in [9.17, 15) is 29.0 Å². The van der Waals surface area contributed by atoms with Crippen molar-refractivity contribution in [2.24, 2.45) is 0 Å². The summed E-state index contributed by atoms with van der Waals surface area (Å²) in [5.74, 6) is -5.06. The number of H-pyrrole nitrogens is 1. The van der Waals surface area contributed by atoms with Gasteiger partial charge in [0.2, 0.25) is 0 Å². The monoisotopic (exact) mass is 356 g/mol. The van der Waals surface area contributed by atoms with Crippen LogP contribution in [0.15, 0.2) is 16.9 Å². The van der Waals surface area contributed by atoms with E-state index in [0.29, 0.717) is 0 Å². The Bertz CT molecular complexity index is 924. The van der Waals surface area contributed by atoms with Crippen molar-refractivity contribution in [1.82, 2.24) is 4.98 Å². The smallest absolute Gasteiger partial charge is 0.342 e. The molecule has 2 aromatic rings. The number of hydrogen-bond acceptors (Lipinski definition) is 5. The largest absolute Gasteiger partial charge is 0.496 e. The van der Waals surface area contributed by atoms with Crippen LogP contribution in [0, 0.1) is 5.82 Å². The highest BCUT2D eigenvalue weighted by atomic mass is 35.5. The number of halogens is 2. The molecule has 0 unspecified atom stereocenters. The molecule has 0 fully saturated rings. The average Bonchev–Trinajstić information content (AvgIpc) is 2.48. The molecule has 8 nitrogen and oxygen atoms in total. The minimum Gasteiger partial charge on any atom is -0.496 e. The zero-order valence-corrected chi connectivity index (χ0v) is 12.8. The SMILES string of the molecule is COc1ccc(F)c(Cl)c1-c1c(C(=O)O)c(N)[nH]c(=O)c1C(=O)O. The molecule has 0 aliphatic rings. The van der Waals surface area contributed by atoms with Gasteiger partial charge in [-0.25, -0.2) is 14.0 Å². The zero-order valence-electron chi connectivity index (χ0n) is 12.0. The van der Waals surface area contributed by atoms with E-state index in [1.807, 2.05) is 4.98 Å². The van der Waals surface area contributed by atoms with Gasteiger partial charge < -0.3 is 25.7 Å². The molecule has 1 heterocycles. The molecule has 10 heteroatoms. The highest BCUT2D eigenvalue weighted by molar-refractivity contribution is 6.34. The Balaban J connectivity index is 3.15. The van der Waals surface area contributed by atoms with Gasteiger partial charge in [0.15, 0.2) is 0 Å². The van der Waals surface area contributed by atoms with Crippen molar-refractivity contribution in [2.45, 2.75) is 0 Å². The van der Waals surface area contributed by atoms with Gasteiger partial charge >= 0.3 is 11.9 Å². The van der Waals surface area contributed by atoms with E-state index in [1.165, 1.54) is 7.11 Å². The van der Waals surface area contributed by atoms with Crippen molar-refractivity contribution >= 4 is 29.4 Å². The Hall–Kier alpha value is -3.07. The molecule has 2 rings (SSSR count). The number of anilines is 1. The summed E-state index contributed by atoms with van der Waals surface area (Å²) in [4.78, 5) is 36.9. The summed E-state index contributed by atoms with van der Waals surface area (Å²) in [5.41, 5.74) is 1.61. The summed E-state index contributed by atoms with van der Waals surface area (Å²) in [6.07, 6.45) is 0. The lowest BCUT2D eigenvalue weighted by Gasteiger charge is -2.16. The molecule has 1 aromatic heterocycles. The number of methoxy groups -OCH3 is 1. The van der Waals surface area contributed by atoms with Crippen molar-refractivity contribution in [3.63, 3.8) is 0 Å². The summed E-state index contributed by atoms with van der Waals surface area (Å²) >= 11 is 5.88. The van der Waals surface area contributed by atoms with Crippen LogP contribution < -0.4 is 16.0 Å². The first-order chi connectivity index (χ1) is 11.2. The Morgan fingerprint density at radius 3 is 2.29 bits per heavy atom. The third-order valence-electron chi connectivity index (χ3n) is 3.20. The number of nitrogen functional groups attached to an aromatic ring is 1. The molecule has 0 bridgehead atoms. The predicted molar refractivity (Wildman–Crippen MR) is 82.3 cm³/mol. The van der Waals surface area contributed by atoms with E-state index in [2.05, 4.69) is 0 Å². The lowest BCUT2D eigenvalue weighted by molar-refractivity contribution is 0.0695. The highest BCUT2D eigenvalue weighted by Crippen LogP contribution is 2.41. The normalized spacial score (nSPS) is 10.5. The number of benzene rings is 1. The van der Waals surface area contributed by atoms with E-state index >= 15 is 0 Å². The maximum Gasteiger partial charge on any atom is 0.342 e. The van der Waals surface area contributed by atoms with Crippen LogP contribution in [-0.4, -0.2) is 34.2 Å². The fourth-order valence-electron chi connectivity index (χ4n) is 2.23. The van der Waals surface area contributed by atoms with E-state index in [-0.39, 0.29) is 5.75 Å². The van der Waals surface area contributed by atoms with Crippen LogP contribution >= 0.6 is 11.6 Å². The molecule has 0 aliphatic carbocycles. The van der Waals surface area contributed by atoms with Crippen LogP contribution in [-0.2, 0) is 0 Å². The number of rotatable bonds is 4. The second-order valence-corrected chi connectivity index (χ2v) is 4.92. The molecule has 0 atom stereocenters. The molecule has 24 heavy (non-hydrogen) atoms. The molecule has 0 spiro atoms. The van der Waals surface area contributed by atoms with Crippen LogP contribution in [0.5, 0.6) is 5.75 Å². The van der Waals surface area contributed by atoms with Crippen molar-refractivity contribution in [3.05, 3.63) is 44.5 Å². The van der Waals surface area contributed by atoms with Crippen LogP contribution in [0.3, 0.4) is 0 Å². The van der Waals surface area contributed by atoms with Gasteiger partial charge in [0, 0.05) is 11.1 Å². The Morgan fingerprint density at radius 2 is 1.79 bits per heavy atom. The quantitative estimate of drug-likeness (QED) is 0.654. The average molecular weight is 357 g/mol. The van der Waals surface area contributed by atoms with Crippen LogP contribution in [0.4, 0.5) is 10.2 Å². The molecule has 126 valence electrons. The van der Waals surface area contributed by atoms with Crippen LogP contribution in [0.25, 0.3) is 11.1 Å². The van der Waals surface area contributed by atoms with E-state index in [4.69, 9.17) is 22.1 Å². The number of hydrogen-bond donors (Lipinski definition) is 4. The molecule has 5 N–H and O–H groups in total. The number of aromatic carboxylic acids is 2. The number of carboxylic acids is 2. The minimum absolute atomic E-state index is 0.128. The topological polar surface area (TPSA) is 143 Å². The summed E-state index contributed by atoms with van der Waals surface area (Å²) < 4.78 is 18.8. The molecule has 0 saturated carbocycles. The van der Waals surface area contributed by atoms with Gasteiger partial charge in [-0.3, -0.25) is 4.79 Å². The van der Waals surface area contributed by atoms with E-state index in [0.717, 1.165) is 12.1 Å². The molecular weight excluding hydrogens is 347 g/mol. The number of carboxylic acid groups (broad SMARTS) is 2. The number of aromatic nitrogens is 1. The number of pyridine rings is 1. The van der Waals surface area contributed by atoms with Crippen molar-refractivity contribution in [2.75, 3.05) is 12.8 Å². The standard InChI is InChI=1S/C14H10ClFN2O6/c1-24-5-3-2-4(16)10(15)6(5)7-8(13(20)21)11(17)18-12(19)9(7)14(22)23/h2-3H,1H3,(H,20,21)(H,22,23)(H3,17,18,19). The zero-order chi connectivity index (χ0) is 18.2. The molecule has 1 aromatic carbocycles. The summed E-state index contributed by atoms with van der Waals surface area (Å²) in [6, 6.07) is 2.06. The molecule has 0 saturated heterocycles. The molecule has 0 aliphatic heterocycles. The first-order valence-electron chi connectivity index (χ1n) is 6.25. The minimum atomic E-state index is -1.74. The Morgan fingerprint density at radius 1 is 1.21 bits per heavy atom. The first-order valence-corrected chi connectivity index (χ1v) is 6.63. The first kappa shape index (κ1) is 17.3. The predicted octanol–water partition coefficient (Wildman–Crippen LogP) is 1.82. The maximum absolute atomic E-state index is 13.8. The van der Waals surface area contributed by atoms with Gasteiger partial charge in [-0.2, -0.15) is 0 Å². The second kappa shape index (κ2) is 6.20. The van der Waals surface area contributed by atoms with Crippen LogP contribution in [0.1, 0.15) is 20.7 Å². The molecule has 0 radical (unpaired) electrons. The van der Waals surface area contributed by atoms with Gasteiger partial charge in [0.1, 0.15) is 28.5 Å². The highest BCUT2D eigenvalue weighted by Gasteiger charge is 2.30. The Labute approximate surface area is 138 Å². The lowest BCUT2D eigenvalue weighted by atomic mass is 9.94. The second-order valence-electron chi connectivity index (χ2n) is 4.54. The molecular formula is C14H10ClFN2O6. The van der Waals surface area contributed by atoms with E-state index < -0.39 is 56.4 Å². The third kappa shape index (κ3) is 2.65. The van der Waals surface area contributed by atoms with Gasteiger partial charge in [0.25, 0.3) is 5.56 Å². The van der Waals surface area contributed by atoms with Crippen molar-refractivity contribution < 1.29 is 28.9 Å². The van der Waals surface area contributed by atoms with Gasteiger partial charge in [-0.15, -0.1) is 0 Å². The number of aromatic amines is 1. The van der Waals surface area contributed by atoms with Crippen molar-refractivity contribution in [3.8, 4) is 16.9 Å². The van der Waals surface area contributed by atoms with Gasteiger partial charge in [0.05, 0.1) is 12.1 Å². The fourth-order valence-corrected chi connectivity index (χ4v) is 2.48.